The second kappa shape index (κ2) is 7.35. The van der Waals surface area contributed by atoms with Crippen LogP contribution < -0.4 is 14.9 Å². The molecule has 0 aliphatic heterocycles. The topological polar surface area (TPSA) is 68.9 Å². The van der Waals surface area contributed by atoms with Gasteiger partial charge in [0.2, 0.25) is 0 Å². The number of rotatable bonds is 5. The van der Waals surface area contributed by atoms with E-state index in [2.05, 4.69) is 0 Å². The Morgan fingerprint density at radius 1 is 1.19 bits per heavy atom. The van der Waals surface area contributed by atoms with Crippen molar-refractivity contribution in [2.45, 2.75) is 13.8 Å². The van der Waals surface area contributed by atoms with Crippen LogP contribution in [0.2, 0.25) is 0 Å². The van der Waals surface area contributed by atoms with Crippen molar-refractivity contribution in [2.24, 2.45) is 0 Å². The van der Waals surface area contributed by atoms with Crippen LogP contribution in [0.3, 0.4) is 0 Å². The monoisotopic (exact) mass is 352 g/mol. The van der Waals surface area contributed by atoms with Crippen molar-refractivity contribution in [3.8, 4) is 28.4 Å². The number of hydrogen-bond donors (Lipinski definition) is 1. The van der Waals surface area contributed by atoms with Crippen molar-refractivity contribution in [2.75, 3.05) is 13.7 Å². The molecule has 0 saturated heterocycles. The van der Waals surface area contributed by atoms with Crippen molar-refractivity contribution in [3.05, 3.63) is 64.5 Å². The van der Waals surface area contributed by atoms with Crippen molar-refractivity contribution in [3.63, 3.8) is 0 Å². The summed E-state index contributed by atoms with van der Waals surface area (Å²) >= 11 is 0. The van der Waals surface area contributed by atoms with Gasteiger partial charge in [-0.3, -0.25) is 4.79 Å². The highest BCUT2D eigenvalue weighted by molar-refractivity contribution is 5.83. The Morgan fingerprint density at radius 3 is 2.69 bits per heavy atom. The number of ether oxygens (including phenoxy) is 2. The summed E-state index contributed by atoms with van der Waals surface area (Å²) in [6.07, 6.45) is 3.37. The number of fused-ring (bicyclic) bond motifs is 1. The molecule has 0 radical (unpaired) electrons. The molecular formula is C21H20O5. The fourth-order valence-electron chi connectivity index (χ4n) is 2.56. The molecule has 0 unspecified atom stereocenters. The third kappa shape index (κ3) is 3.57. The van der Waals surface area contributed by atoms with Crippen LogP contribution in [0, 0.1) is 0 Å². The first-order valence-corrected chi connectivity index (χ1v) is 8.18. The van der Waals surface area contributed by atoms with Gasteiger partial charge in [0.1, 0.15) is 24.2 Å². The quantitative estimate of drug-likeness (QED) is 0.684. The molecule has 1 aromatic heterocycles. The predicted octanol–water partition coefficient (Wildman–Crippen LogP) is 4.52. The summed E-state index contributed by atoms with van der Waals surface area (Å²) in [5.41, 5.74) is 2.37. The molecule has 0 spiro atoms. The van der Waals surface area contributed by atoms with Crippen molar-refractivity contribution in [1.29, 1.82) is 0 Å². The maximum absolute atomic E-state index is 12.8. The van der Waals surface area contributed by atoms with Crippen LogP contribution in [-0.2, 0) is 0 Å². The smallest absolute Gasteiger partial charge is 0.200 e. The minimum atomic E-state index is -0.174. The molecule has 0 atom stereocenters. The molecule has 0 aliphatic carbocycles. The van der Waals surface area contributed by atoms with Gasteiger partial charge in [-0.05, 0) is 49.8 Å². The van der Waals surface area contributed by atoms with Gasteiger partial charge < -0.3 is 19.0 Å². The number of methoxy groups -OCH3 is 1. The summed E-state index contributed by atoms with van der Waals surface area (Å²) in [6.45, 7) is 4.46. The number of allylic oxidation sites excluding steroid dienone is 1. The van der Waals surface area contributed by atoms with Crippen molar-refractivity contribution in [1.82, 2.24) is 0 Å². The van der Waals surface area contributed by atoms with Gasteiger partial charge in [-0.15, -0.1) is 0 Å². The zero-order chi connectivity index (χ0) is 18.7. The summed E-state index contributed by atoms with van der Waals surface area (Å²) in [5.74, 6) is 0.942. The molecule has 0 bridgehead atoms. The Labute approximate surface area is 151 Å². The number of hydrogen-bond acceptors (Lipinski definition) is 5. The van der Waals surface area contributed by atoms with Crippen LogP contribution in [0.1, 0.15) is 13.8 Å². The summed E-state index contributed by atoms with van der Waals surface area (Å²) in [4.78, 5) is 12.8. The number of benzene rings is 2. The lowest BCUT2D eigenvalue weighted by Crippen LogP contribution is -2.05. The van der Waals surface area contributed by atoms with Gasteiger partial charge in [0, 0.05) is 6.07 Å². The minimum absolute atomic E-state index is 0.0347. The van der Waals surface area contributed by atoms with Gasteiger partial charge >= 0.3 is 0 Å². The molecule has 0 fully saturated rings. The summed E-state index contributed by atoms with van der Waals surface area (Å²) in [6, 6.07) is 9.92. The van der Waals surface area contributed by atoms with Crippen LogP contribution in [-0.4, -0.2) is 18.8 Å². The first-order chi connectivity index (χ1) is 12.5. The van der Waals surface area contributed by atoms with E-state index in [9.17, 15) is 9.90 Å². The zero-order valence-electron chi connectivity index (χ0n) is 14.9. The third-order valence-electron chi connectivity index (χ3n) is 3.98. The second-order valence-electron chi connectivity index (χ2n) is 6.12. The normalized spacial score (nSPS) is 10.6. The molecule has 2 aromatic carbocycles. The Morgan fingerprint density at radius 2 is 2.00 bits per heavy atom. The van der Waals surface area contributed by atoms with E-state index in [0.29, 0.717) is 40.2 Å². The van der Waals surface area contributed by atoms with E-state index < -0.39 is 0 Å². The van der Waals surface area contributed by atoms with Crippen LogP contribution in [0.15, 0.2) is 63.5 Å². The lowest BCUT2D eigenvalue weighted by molar-refractivity contribution is 0.362. The van der Waals surface area contributed by atoms with Gasteiger partial charge in [-0.25, -0.2) is 0 Å². The van der Waals surface area contributed by atoms with Gasteiger partial charge in [-0.1, -0.05) is 11.6 Å². The van der Waals surface area contributed by atoms with E-state index >= 15 is 0 Å². The SMILES string of the molecule is COc1ccc(-c2coc3cc(OCC=C(C)C)ccc3c2=O)cc1O. The maximum atomic E-state index is 12.8. The average molecular weight is 352 g/mol. The van der Waals surface area contributed by atoms with E-state index in [1.165, 1.54) is 25.0 Å². The van der Waals surface area contributed by atoms with Crippen LogP contribution >= 0.6 is 0 Å². The lowest BCUT2D eigenvalue weighted by atomic mass is 10.0. The van der Waals surface area contributed by atoms with E-state index in [1.807, 2.05) is 19.9 Å². The van der Waals surface area contributed by atoms with Crippen LogP contribution in [0.5, 0.6) is 17.2 Å². The Balaban J connectivity index is 1.97. The molecule has 0 amide bonds. The van der Waals surface area contributed by atoms with Crippen molar-refractivity contribution >= 4 is 11.0 Å². The zero-order valence-corrected chi connectivity index (χ0v) is 14.9. The Kier molecular flexibility index (Phi) is 4.98. The fourth-order valence-corrected chi connectivity index (χ4v) is 2.56. The van der Waals surface area contributed by atoms with Gasteiger partial charge in [0.05, 0.1) is 18.1 Å². The fraction of sp³-hybridized carbons (Fsp3) is 0.190. The first kappa shape index (κ1) is 17.6. The van der Waals surface area contributed by atoms with E-state index in [-0.39, 0.29) is 11.2 Å². The molecule has 0 saturated carbocycles. The molecule has 5 nitrogen and oxygen atoms in total. The highest BCUT2D eigenvalue weighted by atomic mass is 16.5. The number of phenolic OH excluding ortho intramolecular Hbond substituents is 1. The Hall–Kier alpha value is -3.21. The van der Waals surface area contributed by atoms with E-state index in [0.717, 1.165) is 0 Å². The van der Waals surface area contributed by atoms with Gasteiger partial charge in [0.25, 0.3) is 0 Å². The summed E-state index contributed by atoms with van der Waals surface area (Å²) in [7, 11) is 1.47. The molecule has 1 heterocycles. The molecule has 3 aromatic rings. The second-order valence-corrected chi connectivity index (χ2v) is 6.12. The Bertz CT molecular complexity index is 1030. The largest absolute Gasteiger partial charge is 0.504 e. The van der Waals surface area contributed by atoms with Crippen molar-refractivity contribution < 1.29 is 19.0 Å². The molecule has 0 aliphatic rings. The molecule has 3 rings (SSSR count). The molecule has 26 heavy (non-hydrogen) atoms. The first-order valence-electron chi connectivity index (χ1n) is 8.18. The lowest BCUT2D eigenvalue weighted by Gasteiger charge is -2.08. The third-order valence-corrected chi connectivity index (χ3v) is 3.98. The van der Waals surface area contributed by atoms with Gasteiger partial charge in [0.15, 0.2) is 16.9 Å². The van der Waals surface area contributed by atoms with Crippen LogP contribution in [0.4, 0.5) is 0 Å². The average Bonchev–Trinajstić information content (AvgIpc) is 2.61. The van der Waals surface area contributed by atoms with Crippen LogP contribution in [0.25, 0.3) is 22.1 Å². The van der Waals surface area contributed by atoms with E-state index in [1.54, 1.807) is 30.3 Å². The van der Waals surface area contributed by atoms with E-state index in [4.69, 9.17) is 13.9 Å². The molecule has 1 N–H and O–H groups in total. The predicted molar refractivity (Wildman–Crippen MR) is 101 cm³/mol. The number of phenols is 1. The maximum Gasteiger partial charge on any atom is 0.200 e. The standard InChI is InChI=1S/C21H20O5/c1-13(2)8-9-25-15-5-6-16-20(11-15)26-12-17(21(16)23)14-4-7-19(24-3)18(22)10-14/h4-8,10-12,22H,9H2,1-3H3. The summed E-state index contributed by atoms with van der Waals surface area (Å²) < 4.78 is 16.3. The molecule has 5 heteroatoms. The molecule has 134 valence electrons. The minimum Gasteiger partial charge on any atom is -0.504 e. The number of aromatic hydroxyl groups is 1. The highest BCUT2D eigenvalue weighted by Gasteiger charge is 2.12. The van der Waals surface area contributed by atoms with Gasteiger partial charge in [-0.2, -0.15) is 0 Å². The molecular weight excluding hydrogens is 332 g/mol. The summed E-state index contributed by atoms with van der Waals surface area (Å²) in [5, 5.41) is 10.4. The highest BCUT2D eigenvalue weighted by Crippen LogP contribution is 2.31.